The maximum atomic E-state index is 11.4. The maximum absolute atomic E-state index is 11.4. The van der Waals surface area contributed by atoms with Gasteiger partial charge in [0.15, 0.2) is 0 Å². The minimum atomic E-state index is -0.110. The lowest BCUT2D eigenvalue weighted by Gasteiger charge is -2.07. The standard InChI is InChI=1S/C16H14N2O2/c1-2-20-12-5-3-11(4-6-12)16-13-7-8-15(19)18-14(13)9-10-17-16/h3-10H,2H2,1H3,(H,18,19). The van der Waals surface area contributed by atoms with Gasteiger partial charge >= 0.3 is 0 Å². The van der Waals surface area contributed by atoms with Crippen molar-refractivity contribution in [2.75, 3.05) is 6.61 Å². The molecule has 2 aromatic heterocycles. The first kappa shape index (κ1) is 12.4. The summed E-state index contributed by atoms with van der Waals surface area (Å²) in [5.74, 6) is 0.838. The molecule has 0 aliphatic carbocycles. The van der Waals surface area contributed by atoms with Crippen LogP contribution in [0.25, 0.3) is 22.2 Å². The molecule has 20 heavy (non-hydrogen) atoms. The van der Waals surface area contributed by atoms with Crippen LogP contribution in [0.1, 0.15) is 6.92 Å². The summed E-state index contributed by atoms with van der Waals surface area (Å²) < 4.78 is 5.43. The lowest BCUT2D eigenvalue weighted by molar-refractivity contribution is 0.340. The van der Waals surface area contributed by atoms with Crippen LogP contribution >= 0.6 is 0 Å². The molecular formula is C16H14N2O2. The van der Waals surface area contributed by atoms with Gasteiger partial charge in [0.2, 0.25) is 5.56 Å². The number of aromatic nitrogens is 2. The molecule has 0 saturated carbocycles. The van der Waals surface area contributed by atoms with E-state index in [9.17, 15) is 4.79 Å². The van der Waals surface area contributed by atoms with Crippen LogP contribution in [0.3, 0.4) is 0 Å². The Kier molecular flexibility index (Phi) is 3.21. The first-order valence-corrected chi connectivity index (χ1v) is 6.49. The number of rotatable bonds is 3. The SMILES string of the molecule is CCOc1ccc(-c2nccc3[nH]c(=O)ccc23)cc1. The molecule has 4 nitrogen and oxygen atoms in total. The van der Waals surface area contributed by atoms with E-state index in [0.29, 0.717) is 6.61 Å². The largest absolute Gasteiger partial charge is 0.494 e. The Morgan fingerprint density at radius 3 is 2.65 bits per heavy atom. The Labute approximate surface area is 116 Å². The Balaban J connectivity index is 2.11. The fraction of sp³-hybridized carbons (Fsp3) is 0.125. The lowest BCUT2D eigenvalue weighted by Crippen LogP contribution is -2.03. The smallest absolute Gasteiger partial charge is 0.248 e. The third-order valence-electron chi connectivity index (χ3n) is 3.09. The molecule has 0 aliphatic rings. The van der Waals surface area contributed by atoms with Crippen LogP contribution in [-0.2, 0) is 0 Å². The number of H-pyrrole nitrogens is 1. The molecule has 2 heterocycles. The van der Waals surface area contributed by atoms with Gasteiger partial charge in [-0.2, -0.15) is 0 Å². The molecule has 1 aromatic carbocycles. The highest BCUT2D eigenvalue weighted by Crippen LogP contribution is 2.26. The van der Waals surface area contributed by atoms with Gasteiger partial charge in [-0.3, -0.25) is 9.78 Å². The number of pyridine rings is 2. The Morgan fingerprint density at radius 1 is 1.10 bits per heavy atom. The van der Waals surface area contributed by atoms with E-state index >= 15 is 0 Å². The Hall–Kier alpha value is -2.62. The quantitative estimate of drug-likeness (QED) is 0.793. The van der Waals surface area contributed by atoms with Crippen LogP contribution in [0.2, 0.25) is 0 Å². The minimum Gasteiger partial charge on any atom is -0.494 e. The first-order valence-electron chi connectivity index (χ1n) is 6.49. The van der Waals surface area contributed by atoms with E-state index in [1.165, 1.54) is 6.07 Å². The van der Waals surface area contributed by atoms with Crippen LogP contribution < -0.4 is 10.3 Å². The van der Waals surface area contributed by atoms with Gasteiger partial charge in [-0.1, -0.05) is 0 Å². The summed E-state index contributed by atoms with van der Waals surface area (Å²) in [5, 5.41) is 0.927. The van der Waals surface area contributed by atoms with Crippen LogP contribution in [0.15, 0.2) is 53.5 Å². The highest BCUT2D eigenvalue weighted by atomic mass is 16.5. The summed E-state index contributed by atoms with van der Waals surface area (Å²) >= 11 is 0. The molecule has 0 amide bonds. The van der Waals surface area contributed by atoms with Gasteiger partial charge in [0.1, 0.15) is 5.75 Å². The van der Waals surface area contributed by atoms with Crippen LogP contribution in [0.5, 0.6) is 5.75 Å². The summed E-state index contributed by atoms with van der Waals surface area (Å²) in [6.07, 6.45) is 1.70. The third-order valence-corrected chi connectivity index (χ3v) is 3.09. The predicted molar refractivity (Wildman–Crippen MR) is 79.0 cm³/mol. The van der Waals surface area contributed by atoms with E-state index in [-0.39, 0.29) is 5.56 Å². The van der Waals surface area contributed by atoms with Gasteiger partial charge in [0.25, 0.3) is 0 Å². The van der Waals surface area contributed by atoms with E-state index < -0.39 is 0 Å². The van der Waals surface area contributed by atoms with Gasteiger partial charge in [-0.15, -0.1) is 0 Å². The summed E-state index contributed by atoms with van der Waals surface area (Å²) in [6, 6.07) is 12.9. The molecule has 4 heteroatoms. The number of nitrogens with zero attached hydrogens (tertiary/aromatic N) is 1. The summed E-state index contributed by atoms with van der Waals surface area (Å²) in [5.41, 5.74) is 2.52. The Morgan fingerprint density at radius 2 is 1.90 bits per heavy atom. The van der Waals surface area contributed by atoms with Gasteiger partial charge in [-0.05, 0) is 43.3 Å². The number of hydrogen-bond acceptors (Lipinski definition) is 3. The molecule has 0 atom stereocenters. The number of nitrogens with one attached hydrogen (secondary N) is 1. The average molecular weight is 266 g/mol. The van der Waals surface area contributed by atoms with Crippen molar-refractivity contribution in [2.24, 2.45) is 0 Å². The molecule has 0 aliphatic heterocycles. The topological polar surface area (TPSA) is 55.0 Å². The van der Waals surface area contributed by atoms with E-state index in [0.717, 1.165) is 27.9 Å². The fourth-order valence-corrected chi connectivity index (χ4v) is 2.19. The van der Waals surface area contributed by atoms with Crippen molar-refractivity contribution in [3.05, 3.63) is 59.0 Å². The molecule has 1 N–H and O–H groups in total. The normalized spacial score (nSPS) is 10.7. The second-order valence-corrected chi connectivity index (χ2v) is 4.40. The number of fused-ring (bicyclic) bond motifs is 1. The maximum Gasteiger partial charge on any atom is 0.248 e. The lowest BCUT2D eigenvalue weighted by atomic mass is 10.1. The van der Waals surface area contributed by atoms with Crippen molar-refractivity contribution in [1.82, 2.24) is 9.97 Å². The van der Waals surface area contributed by atoms with Gasteiger partial charge in [-0.25, -0.2) is 0 Å². The van der Waals surface area contributed by atoms with Crippen molar-refractivity contribution in [2.45, 2.75) is 6.92 Å². The monoisotopic (exact) mass is 266 g/mol. The zero-order valence-corrected chi connectivity index (χ0v) is 11.1. The molecule has 3 rings (SSSR count). The zero-order valence-electron chi connectivity index (χ0n) is 11.1. The predicted octanol–water partition coefficient (Wildman–Crippen LogP) is 2.99. The highest BCUT2D eigenvalue weighted by Gasteiger charge is 2.06. The van der Waals surface area contributed by atoms with Gasteiger partial charge in [0, 0.05) is 23.2 Å². The average Bonchev–Trinajstić information content (AvgIpc) is 2.47. The molecular weight excluding hydrogens is 252 g/mol. The number of hydrogen-bond donors (Lipinski definition) is 1. The van der Waals surface area contributed by atoms with Crippen LogP contribution in [0, 0.1) is 0 Å². The third kappa shape index (κ3) is 2.28. The molecule has 3 aromatic rings. The Bertz CT molecular complexity index is 791. The number of ether oxygens (including phenoxy) is 1. The molecule has 0 unspecified atom stereocenters. The first-order chi connectivity index (χ1) is 9.78. The minimum absolute atomic E-state index is 0.110. The summed E-state index contributed by atoms with van der Waals surface area (Å²) in [6.45, 7) is 2.60. The van der Waals surface area contributed by atoms with Crippen molar-refractivity contribution in [1.29, 1.82) is 0 Å². The van der Waals surface area contributed by atoms with Gasteiger partial charge in [0.05, 0.1) is 17.8 Å². The molecule has 0 bridgehead atoms. The molecule has 0 fully saturated rings. The molecule has 100 valence electrons. The van der Waals surface area contributed by atoms with Crippen molar-refractivity contribution >= 4 is 10.9 Å². The molecule has 0 spiro atoms. The number of benzene rings is 1. The van der Waals surface area contributed by atoms with Crippen LogP contribution in [-0.4, -0.2) is 16.6 Å². The summed E-state index contributed by atoms with van der Waals surface area (Å²) in [7, 11) is 0. The molecule has 0 radical (unpaired) electrons. The second kappa shape index (κ2) is 5.17. The van der Waals surface area contributed by atoms with Crippen molar-refractivity contribution < 1.29 is 4.74 Å². The van der Waals surface area contributed by atoms with Gasteiger partial charge < -0.3 is 9.72 Å². The summed E-state index contributed by atoms with van der Waals surface area (Å²) in [4.78, 5) is 18.6. The second-order valence-electron chi connectivity index (χ2n) is 4.40. The number of aromatic amines is 1. The van der Waals surface area contributed by atoms with Crippen LogP contribution in [0.4, 0.5) is 0 Å². The molecule has 0 saturated heterocycles. The van der Waals surface area contributed by atoms with E-state index in [2.05, 4.69) is 9.97 Å². The van der Waals surface area contributed by atoms with Crippen molar-refractivity contribution in [3.63, 3.8) is 0 Å². The van der Waals surface area contributed by atoms with E-state index in [1.54, 1.807) is 18.3 Å². The van der Waals surface area contributed by atoms with Crippen molar-refractivity contribution in [3.8, 4) is 17.0 Å². The van der Waals surface area contributed by atoms with E-state index in [1.807, 2.05) is 31.2 Å². The van der Waals surface area contributed by atoms with E-state index in [4.69, 9.17) is 4.74 Å². The fourth-order valence-electron chi connectivity index (χ4n) is 2.19. The zero-order chi connectivity index (χ0) is 13.9. The highest BCUT2D eigenvalue weighted by molar-refractivity contribution is 5.91.